The summed E-state index contributed by atoms with van der Waals surface area (Å²) in [5.41, 5.74) is 0.0824. The highest BCUT2D eigenvalue weighted by Crippen LogP contribution is 2.33. The number of hydrogen-bond donors (Lipinski definition) is 2. The number of rotatable bonds is 0. The molecule has 0 bridgehead atoms. The van der Waals surface area contributed by atoms with Crippen LogP contribution in [0.15, 0.2) is 0 Å². The number of hydrogen-bond acceptors (Lipinski definition) is 2. The molecule has 4 atom stereocenters. The minimum absolute atomic E-state index is 0.0824. The molecule has 2 aliphatic rings. The summed E-state index contributed by atoms with van der Waals surface area (Å²) in [6.07, 6.45) is 5.45. The molecule has 0 radical (unpaired) electrons. The van der Waals surface area contributed by atoms with Crippen LogP contribution in [0.3, 0.4) is 0 Å². The minimum Gasteiger partial charge on any atom is -0.391 e. The van der Waals surface area contributed by atoms with Gasteiger partial charge in [0, 0.05) is 6.04 Å². The molecule has 12 heavy (non-hydrogen) atoms. The first-order valence-corrected chi connectivity index (χ1v) is 5.29. The maximum absolute atomic E-state index is 9.70. The lowest BCUT2D eigenvalue weighted by Crippen LogP contribution is -2.53. The summed E-state index contributed by atoms with van der Waals surface area (Å²) in [5, 5.41) is 13.0. The van der Waals surface area contributed by atoms with Crippen molar-refractivity contribution in [3.05, 3.63) is 0 Å². The first kappa shape index (κ1) is 8.79. The zero-order valence-electron chi connectivity index (χ0n) is 7.17. The van der Waals surface area contributed by atoms with Crippen LogP contribution in [0.1, 0.15) is 32.1 Å². The van der Waals surface area contributed by atoms with Crippen LogP contribution >= 0.6 is 11.6 Å². The van der Waals surface area contributed by atoms with Crippen LogP contribution in [0, 0.1) is 5.92 Å². The van der Waals surface area contributed by atoms with E-state index in [-0.39, 0.29) is 17.6 Å². The first-order chi connectivity index (χ1) is 5.77. The molecule has 2 N–H and O–H groups in total. The Balaban J connectivity index is 2.00. The number of piperidine rings is 1. The van der Waals surface area contributed by atoms with Crippen molar-refractivity contribution in [2.75, 3.05) is 0 Å². The molecule has 3 heteroatoms. The van der Waals surface area contributed by atoms with Crippen molar-refractivity contribution in [2.45, 2.75) is 49.8 Å². The topological polar surface area (TPSA) is 32.3 Å². The highest BCUT2D eigenvalue weighted by molar-refractivity contribution is 6.20. The number of halogens is 1. The maximum atomic E-state index is 9.70. The van der Waals surface area contributed by atoms with Crippen molar-refractivity contribution in [2.24, 2.45) is 5.92 Å². The van der Waals surface area contributed by atoms with Gasteiger partial charge in [0.05, 0.1) is 11.6 Å². The summed E-state index contributed by atoms with van der Waals surface area (Å²) in [7, 11) is 0. The number of nitrogens with one attached hydrogen (secondary N) is 1. The van der Waals surface area contributed by atoms with Crippen LogP contribution in [0.2, 0.25) is 0 Å². The number of aliphatic hydroxyl groups is 1. The molecule has 1 heterocycles. The van der Waals surface area contributed by atoms with E-state index < -0.39 is 0 Å². The standard InChI is InChI=1S/C9H16ClNO/c10-8-5-4-6-2-1-3-7(12)9(6)11-8/h6-9,11-12H,1-5H2. The molecule has 2 fully saturated rings. The molecular weight excluding hydrogens is 174 g/mol. The molecule has 0 spiro atoms. The summed E-state index contributed by atoms with van der Waals surface area (Å²) in [6.45, 7) is 0. The first-order valence-electron chi connectivity index (χ1n) is 4.85. The van der Waals surface area contributed by atoms with Crippen LogP contribution in [-0.4, -0.2) is 22.8 Å². The van der Waals surface area contributed by atoms with Crippen molar-refractivity contribution in [3.63, 3.8) is 0 Å². The highest BCUT2D eigenvalue weighted by atomic mass is 35.5. The van der Waals surface area contributed by atoms with Gasteiger partial charge in [-0.05, 0) is 31.6 Å². The van der Waals surface area contributed by atoms with Crippen LogP contribution in [-0.2, 0) is 0 Å². The van der Waals surface area contributed by atoms with E-state index in [0.717, 1.165) is 12.8 Å². The second kappa shape index (κ2) is 3.52. The number of fused-ring (bicyclic) bond motifs is 1. The van der Waals surface area contributed by atoms with Crippen LogP contribution in [0.4, 0.5) is 0 Å². The fourth-order valence-electron chi connectivity index (χ4n) is 2.49. The van der Waals surface area contributed by atoms with E-state index >= 15 is 0 Å². The lowest BCUT2D eigenvalue weighted by Gasteiger charge is -2.41. The fraction of sp³-hybridized carbons (Fsp3) is 1.00. The van der Waals surface area contributed by atoms with E-state index in [2.05, 4.69) is 5.32 Å². The van der Waals surface area contributed by atoms with Crippen molar-refractivity contribution >= 4 is 11.6 Å². The average Bonchev–Trinajstić information content (AvgIpc) is 2.07. The third-order valence-electron chi connectivity index (χ3n) is 3.16. The summed E-state index contributed by atoms with van der Waals surface area (Å²) < 4.78 is 0. The van der Waals surface area contributed by atoms with Gasteiger partial charge in [-0.2, -0.15) is 0 Å². The Labute approximate surface area is 78.3 Å². The van der Waals surface area contributed by atoms with E-state index in [4.69, 9.17) is 11.6 Å². The minimum atomic E-state index is -0.162. The average molecular weight is 190 g/mol. The molecular formula is C9H16ClNO. The Morgan fingerprint density at radius 2 is 2.00 bits per heavy atom. The summed E-state index contributed by atoms with van der Waals surface area (Å²) in [4.78, 5) is 0. The van der Waals surface area contributed by atoms with Gasteiger partial charge < -0.3 is 5.11 Å². The lowest BCUT2D eigenvalue weighted by molar-refractivity contribution is 0.0386. The van der Waals surface area contributed by atoms with Gasteiger partial charge in [0.1, 0.15) is 0 Å². The molecule has 1 aliphatic carbocycles. The maximum Gasteiger partial charge on any atom is 0.0828 e. The second-order valence-electron chi connectivity index (χ2n) is 4.00. The van der Waals surface area contributed by atoms with Crippen molar-refractivity contribution < 1.29 is 5.11 Å². The second-order valence-corrected chi connectivity index (χ2v) is 4.52. The summed E-state index contributed by atoms with van der Waals surface area (Å²) >= 11 is 5.98. The van der Waals surface area contributed by atoms with Crippen molar-refractivity contribution in [3.8, 4) is 0 Å². The van der Waals surface area contributed by atoms with Gasteiger partial charge in [-0.3, -0.25) is 5.32 Å². The van der Waals surface area contributed by atoms with Gasteiger partial charge in [0.25, 0.3) is 0 Å². The third-order valence-corrected chi connectivity index (χ3v) is 3.51. The highest BCUT2D eigenvalue weighted by Gasteiger charge is 2.36. The van der Waals surface area contributed by atoms with Crippen LogP contribution < -0.4 is 5.32 Å². The Kier molecular flexibility index (Phi) is 2.58. The van der Waals surface area contributed by atoms with Gasteiger partial charge >= 0.3 is 0 Å². The van der Waals surface area contributed by atoms with Gasteiger partial charge in [0.2, 0.25) is 0 Å². The SMILES string of the molecule is OC1CCCC2CCC(Cl)NC12. The zero-order chi connectivity index (χ0) is 8.55. The molecule has 0 aromatic heterocycles. The fourth-order valence-corrected chi connectivity index (χ4v) is 2.76. The van der Waals surface area contributed by atoms with E-state index in [9.17, 15) is 5.11 Å². The van der Waals surface area contributed by atoms with Crippen LogP contribution in [0.25, 0.3) is 0 Å². The molecule has 70 valence electrons. The molecule has 2 rings (SSSR count). The smallest absolute Gasteiger partial charge is 0.0828 e. The van der Waals surface area contributed by atoms with Gasteiger partial charge in [-0.15, -0.1) is 11.6 Å². The van der Waals surface area contributed by atoms with Gasteiger partial charge in [-0.1, -0.05) is 6.42 Å². The lowest BCUT2D eigenvalue weighted by atomic mass is 9.78. The van der Waals surface area contributed by atoms with Gasteiger partial charge in [0.15, 0.2) is 0 Å². The van der Waals surface area contributed by atoms with E-state index in [0.29, 0.717) is 5.92 Å². The molecule has 0 aromatic carbocycles. The Morgan fingerprint density at radius 3 is 2.83 bits per heavy atom. The Morgan fingerprint density at radius 1 is 1.17 bits per heavy atom. The predicted molar refractivity (Wildman–Crippen MR) is 49.1 cm³/mol. The van der Waals surface area contributed by atoms with Crippen molar-refractivity contribution in [1.82, 2.24) is 5.32 Å². The predicted octanol–water partition coefficient (Wildman–Crippen LogP) is 1.46. The summed E-state index contributed by atoms with van der Waals surface area (Å²) in [5.74, 6) is 0.670. The number of aliphatic hydroxyl groups excluding tert-OH is 1. The summed E-state index contributed by atoms with van der Waals surface area (Å²) in [6, 6.07) is 0.273. The van der Waals surface area contributed by atoms with Crippen LogP contribution in [0.5, 0.6) is 0 Å². The van der Waals surface area contributed by atoms with E-state index in [1.54, 1.807) is 0 Å². The largest absolute Gasteiger partial charge is 0.391 e. The molecule has 1 saturated heterocycles. The normalized spacial score (nSPS) is 48.5. The molecule has 1 aliphatic heterocycles. The van der Waals surface area contributed by atoms with Gasteiger partial charge in [-0.25, -0.2) is 0 Å². The molecule has 4 unspecified atom stereocenters. The quantitative estimate of drug-likeness (QED) is 0.447. The molecule has 2 nitrogen and oxygen atoms in total. The van der Waals surface area contributed by atoms with Crippen molar-refractivity contribution in [1.29, 1.82) is 0 Å². The zero-order valence-corrected chi connectivity index (χ0v) is 7.93. The molecule has 0 amide bonds. The number of alkyl halides is 1. The molecule has 0 aromatic rings. The van der Waals surface area contributed by atoms with E-state index in [1.165, 1.54) is 19.3 Å². The third kappa shape index (κ3) is 1.61. The molecule has 1 saturated carbocycles. The monoisotopic (exact) mass is 189 g/mol. The van der Waals surface area contributed by atoms with E-state index in [1.807, 2.05) is 0 Å². The Bertz CT molecular complexity index is 165. The Hall–Kier alpha value is 0.210.